The van der Waals surface area contributed by atoms with Crippen LogP contribution in [0.25, 0.3) is 0 Å². The van der Waals surface area contributed by atoms with Crippen LogP contribution in [0, 0.1) is 11.7 Å². The minimum absolute atomic E-state index is 0.0108. The molecular formula is C17H17Cl2FN2O3S. The number of amides is 1. The smallest absolute Gasteiger partial charge is 0.360 e. The van der Waals surface area contributed by atoms with E-state index in [1.54, 1.807) is 12.1 Å². The SMILES string of the molecule is CC(C)C[C@@H](OC(=O)c1nsc(Cl)c1Cl)C(=O)NCc1ccc(F)cc1. The number of halogens is 3. The second kappa shape index (κ2) is 9.30. The zero-order valence-corrected chi connectivity index (χ0v) is 16.4. The molecule has 9 heteroatoms. The van der Waals surface area contributed by atoms with Gasteiger partial charge in [-0.3, -0.25) is 4.79 Å². The van der Waals surface area contributed by atoms with Crippen molar-refractivity contribution in [3.8, 4) is 0 Å². The first kappa shape index (κ1) is 20.6. The van der Waals surface area contributed by atoms with E-state index in [0.717, 1.165) is 17.1 Å². The van der Waals surface area contributed by atoms with Gasteiger partial charge in [0.25, 0.3) is 5.91 Å². The number of benzene rings is 1. The molecule has 1 N–H and O–H groups in total. The number of nitrogens with zero attached hydrogens (tertiary/aromatic N) is 1. The van der Waals surface area contributed by atoms with E-state index in [0.29, 0.717) is 6.42 Å². The molecule has 140 valence electrons. The van der Waals surface area contributed by atoms with Crippen molar-refractivity contribution in [2.45, 2.75) is 32.9 Å². The van der Waals surface area contributed by atoms with Gasteiger partial charge in [-0.15, -0.1) is 0 Å². The Morgan fingerprint density at radius 3 is 2.46 bits per heavy atom. The lowest BCUT2D eigenvalue weighted by Crippen LogP contribution is -2.38. The Bertz CT molecular complexity index is 781. The first-order valence-corrected chi connectivity index (χ1v) is 9.34. The van der Waals surface area contributed by atoms with Crippen molar-refractivity contribution in [2.24, 2.45) is 5.92 Å². The molecule has 2 rings (SSSR count). The van der Waals surface area contributed by atoms with E-state index in [4.69, 9.17) is 27.9 Å². The van der Waals surface area contributed by atoms with Crippen LogP contribution >= 0.6 is 34.7 Å². The molecule has 2 aromatic rings. The van der Waals surface area contributed by atoms with Gasteiger partial charge in [0, 0.05) is 6.54 Å². The molecule has 1 aromatic carbocycles. The summed E-state index contributed by atoms with van der Waals surface area (Å²) in [6.45, 7) is 4.00. The number of nitrogens with one attached hydrogen (secondary N) is 1. The molecule has 0 saturated heterocycles. The van der Waals surface area contributed by atoms with Gasteiger partial charge < -0.3 is 10.1 Å². The molecule has 0 aliphatic heterocycles. The zero-order chi connectivity index (χ0) is 19.3. The van der Waals surface area contributed by atoms with Crippen LogP contribution in [0.5, 0.6) is 0 Å². The van der Waals surface area contributed by atoms with Crippen LogP contribution in [0.2, 0.25) is 9.36 Å². The number of aromatic nitrogens is 1. The third-order valence-corrected chi connectivity index (χ3v) is 5.01. The zero-order valence-electron chi connectivity index (χ0n) is 14.1. The summed E-state index contributed by atoms with van der Waals surface area (Å²) in [4.78, 5) is 24.7. The third kappa shape index (κ3) is 5.65. The maximum Gasteiger partial charge on any atom is 0.360 e. The van der Waals surface area contributed by atoms with Gasteiger partial charge >= 0.3 is 5.97 Å². The van der Waals surface area contributed by atoms with Crippen LogP contribution < -0.4 is 5.32 Å². The predicted molar refractivity (Wildman–Crippen MR) is 99.0 cm³/mol. The van der Waals surface area contributed by atoms with Gasteiger partial charge in [-0.2, -0.15) is 4.37 Å². The average Bonchev–Trinajstić information content (AvgIpc) is 2.92. The number of carbonyl (C=O) groups is 2. The summed E-state index contributed by atoms with van der Waals surface area (Å²) >= 11 is 12.6. The summed E-state index contributed by atoms with van der Waals surface area (Å²) in [5, 5.41) is 2.70. The lowest BCUT2D eigenvalue weighted by Gasteiger charge is -2.19. The molecule has 26 heavy (non-hydrogen) atoms. The summed E-state index contributed by atoms with van der Waals surface area (Å²) in [7, 11) is 0. The number of hydrogen-bond acceptors (Lipinski definition) is 5. The van der Waals surface area contributed by atoms with Crippen LogP contribution in [-0.4, -0.2) is 22.4 Å². The molecule has 1 atom stereocenters. The number of ether oxygens (including phenoxy) is 1. The van der Waals surface area contributed by atoms with Gasteiger partial charge in [-0.25, -0.2) is 9.18 Å². The van der Waals surface area contributed by atoms with Gasteiger partial charge in [0.2, 0.25) is 0 Å². The fraction of sp³-hybridized carbons (Fsp3) is 0.353. The standard InChI is InChI=1S/C17H17Cl2FN2O3S/c1-9(2)7-12(25-17(24)14-13(18)15(19)26-22-14)16(23)21-8-10-3-5-11(20)6-4-10/h3-6,9,12H,7-8H2,1-2H3,(H,21,23)/t12-/m1/s1. The summed E-state index contributed by atoms with van der Waals surface area (Å²) in [5.74, 6) is -1.50. The Hall–Kier alpha value is -1.70. The predicted octanol–water partition coefficient (Wildman–Crippen LogP) is 4.48. The summed E-state index contributed by atoms with van der Waals surface area (Å²) in [5.41, 5.74) is 0.616. The quantitative estimate of drug-likeness (QED) is 0.673. The van der Waals surface area contributed by atoms with Crippen molar-refractivity contribution < 1.29 is 18.7 Å². The Balaban J connectivity index is 2.03. The average molecular weight is 419 g/mol. The molecule has 0 fully saturated rings. The number of rotatable bonds is 7. The van der Waals surface area contributed by atoms with Crippen LogP contribution in [0.1, 0.15) is 36.3 Å². The van der Waals surface area contributed by atoms with Crippen LogP contribution in [0.15, 0.2) is 24.3 Å². The minimum atomic E-state index is -1.00. The molecule has 0 unspecified atom stereocenters. The van der Waals surface area contributed by atoms with Crippen LogP contribution in [0.3, 0.4) is 0 Å². The maximum atomic E-state index is 12.9. The summed E-state index contributed by atoms with van der Waals surface area (Å²) < 4.78 is 22.3. The Labute approximate surface area is 164 Å². The van der Waals surface area contributed by atoms with Gasteiger partial charge in [-0.1, -0.05) is 49.2 Å². The van der Waals surface area contributed by atoms with Crippen molar-refractivity contribution in [3.63, 3.8) is 0 Å². The number of carbonyl (C=O) groups excluding carboxylic acids is 2. The number of esters is 1. The molecule has 0 aliphatic carbocycles. The Morgan fingerprint density at radius 2 is 1.92 bits per heavy atom. The van der Waals surface area contributed by atoms with E-state index in [1.807, 2.05) is 13.8 Å². The first-order valence-electron chi connectivity index (χ1n) is 7.81. The highest BCUT2D eigenvalue weighted by atomic mass is 35.5. The van der Waals surface area contributed by atoms with E-state index in [2.05, 4.69) is 9.69 Å². The third-order valence-electron chi connectivity index (χ3n) is 3.40. The monoisotopic (exact) mass is 418 g/mol. The van der Waals surface area contributed by atoms with Gasteiger partial charge in [0.1, 0.15) is 15.2 Å². The van der Waals surface area contributed by atoms with Gasteiger partial charge in [0.05, 0.1) is 0 Å². The molecule has 1 heterocycles. The van der Waals surface area contributed by atoms with Gasteiger partial charge in [0.15, 0.2) is 11.8 Å². The highest BCUT2D eigenvalue weighted by molar-refractivity contribution is 7.11. The largest absolute Gasteiger partial charge is 0.447 e. The van der Waals surface area contributed by atoms with Crippen molar-refractivity contribution in [2.75, 3.05) is 0 Å². The molecule has 0 spiro atoms. The van der Waals surface area contributed by atoms with E-state index >= 15 is 0 Å². The highest BCUT2D eigenvalue weighted by Gasteiger charge is 2.27. The second-order valence-electron chi connectivity index (χ2n) is 5.99. The van der Waals surface area contributed by atoms with Crippen molar-refractivity contribution in [1.29, 1.82) is 0 Å². The maximum absolute atomic E-state index is 12.9. The minimum Gasteiger partial charge on any atom is -0.447 e. The normalized spacial score (nSPS) is 12.1. The summed E-state index contributed by atoms with van der Waals surface area (Å²) in [6, 6.07) is 5.74. The topological polar surface area (TPSA) is 68.3 Å². The molecule has 0 saturated carbocycles. The molecule has 1 aromatic heterocycles. The van der Waals surface area contributed by atoms with Crippen LogP contribution in [0.4, 0.5) is 4.39 Å². The number of hydrogen-bond donors (Lipinski definition) is 1. The molecule has 1 amide bonds. The van der Waals surface area contributed by atoms with E-state index < -0.39 is 18.0 Å². The molecule has 0 aliphatic rings. The molecule has 5 nitrogen and oxygen atoms in total. The lowest BCUT2D eigenvalue weighted by atomic mass is 10.1. The lowest BCUT2D eigenvalue weighted by molar-refractivity contribution is -0.131. The van der Waals surface area contributed by atoms with E-state index in [-0.39, 0.29) is 33.3 Å². The fourth-order valence-corrected chi connectivity index (χ4v) is 3.09. The van der Waals surface area contributed by atoms with E-state index in [1.165, 1.54) is 12.1 Å². The van der Waals surface area contributed by atoms with Crippen molar-refractivity contribution in [1.82, 2.24) is 9.69 Å². The van der Waals surface area contributed by atoms with Crippen molar-refractivity contribution in [3.05, 3.63) is 50.7 Å². The first-order chi connectivity index (χ1) is 12.3. The molecule has 0 bridgehead atoms. The van der Waals surface area contributed by atoms with Crippen LogP contribution in [-0.2, 0) is 16.1 Å². The molecular weight excluding hydrogens is 402 g/mol. The van der Waals surface area contributed by atoms with Gasteiger partial charge in [-0.05, 0) is 41.6 Å². The Kier molecular flexibility index (Phi) is 7.37. The Morgan fingerprint density at radius 1 is 1.27 bits per heavy atom. The van der Waals surface area contributed by atoms with E-state index in [9.17, 15) is 14.0 Å². The summed E-state index contributed by atoms with van der Waals surface area (Å²) in [6.07, 6.45) is -0.671. The highest BCUT2D eigenvalue weighted by Crippen LogP contribution is 2.30. The fourth-order valence-electron chi connectivity index (χ4n) is 2.11. The van der Waals surface area contributed by atoms with Crippen molar-refractivity contribution >= 4 is 46.6 Å². The molecule has 0 radical (unpaired) electrons. The second-order valence-corrected chi connectivity index (χ2v) is 7.74.